The Balaban J connectivity index is 2.41. The number of amides is 1. The molecule has 1 N–H and O–H groups in total. The number of rotatable bonds is 8. The van der Waals surface area contributed by atoms with Crippen molar-refractivity contribution in [3.63, 3.8) is 0 Å². The first kappa shape index (κ1) is 20.7. The molecule has 6 nitrogen and oxygen atoms in total. The topological polar surface area (TPSA) is 75.7 Å². The average Bonchev–Trinajstić information content (AvgIpc) is 2.66. The maximum atomic E-state index is 13.2. The number of halogens is 1. The van der Waals surface area contributed by atoms with Crippen LogP contribution in [-0.2, 0) is 14.8 Å². The number of carbonyl (C=O) groups is 1. The van der Waals surface area contributed by atoms with Gasteiger partial charge in [0.2, 0.25) is 5.91 Å². The lowest BCUT2D eigenvalue weighted by atomic mass is 10.2. The molecule has 0 radical (unpaired) electrons. The zero-order chi connectivity index (χ0) is 20.0. The van der Waals surface area contributed by atoms with Crippen molar-refractivity contribution < 1.29 is 22.3 Å². The van der Waals surface area contributed by atoms with Crippen molar-refractivity contribution in [3.8, 4) is 5.75 Å². The van der Waals surface area contributed by atoms with Crippen molar-refractivity contribution in [1.82, 2.24) is 5.32 Å². The third-order valence-electron chi connectivity index (χ3n) is 4.07. The van der Waals surface area contributed by atoms with E-state index < -0.39 is 28.3 Å². The number of carbonyl (C=O) groups excluding carboxylic acids is 1. The number of hydrogen-bond acceptors (Lipinski definition) is 4. The van der Waals surface area contributed by atoms with E-state index >= 15 is 0 Å². The minimum Gasteiger partial charge on any atom is -0.497 e. The Kier molecular flexibility index (Phi) is 6.79. The minimum atomic E-state index is -4.06. The molecule has 0 saturated heterocycles. The number of sulfonamides is 1. The number of anilines is 1. The molecule has 27 heavy (non-hydrogen) atoms. The van der Waals surface area contributed by atoms with Gasteiger partial charge in [-0.2, -0.15) is 0 Å². The Bertz CT molecular complexity index is 868. The SMILES string of the molecule is CCC(C)NC(=O)CN(c1ccc(OC)cc1)S(=O)(=O)c1ccc(F)cc1. The summed E-state index contributed by atoms with van der Waals surface area (Å²) in [5, 5.41) is 2.76. The van der Waals surface area contributed by atoms with Crippen molar-refractivity contribution in [2.45, 2.75) is 31.2 Å². The molecule has 8 heteroatoms. The van der Waals surface area contributed by atoms with Crippen LogP contribution >= 0.6 is 0 Å². The van der Waals surface area contributed by atoms with Gasteiger partial charge < -0.3 is 10.1 Å². The van der Waals surface area contributed by atoms with Crippen LogP contribution in [-0.4, -0.2) is 34.0 Å². The molecule has 0 fully saturated rings. The molecule has 0 aliphatic heterocycles. The van der Waals surface area contributed by atoms with Gasteiger partial charge >= 0.3 is 0 Å². The molecule has 0 heterocycles. The highest BCUT2D eigenvalue weighted by Crippen LogP contribution is 2.25. The van der Waals surface area contributed by atoms with Gasteiger partial charge in [-0.05, 0) is 61.9 Å². The van der Waals surface area contributed by atoms with E-state index in [1.165, 1.54) is 19.2 Å². The van der Waals surface area contributed by atoms with E-state index in [2.05, 4.69) is 5.32 Å². The molecule has 0 aromatic heterocycles. The molecule has 146 valence electrons. The second-order valence-corrected chi connectivity index (χ2v) is 7.90. The molecule has 0 aliphatic carbocycles. The first-order valence-electron chi connectivity index (χ1n) is 8.49. The maximum absolute atomic E-state index is 13.2. The second-order valence-electron chi connectivity index (χ2n) is 6.04. The van der Waals surface area contributed by atoms with Gasteiger partial charge in [0.1, 0.15) is 18.1 Å². The molecular formula is C19H23FN2O4S. The summed E-state index contributed by atoms with van der Waals surface area (Å²) in [6.45, 7) is 3.36. The van der Waals surface area contributed by atoms with Gasteiger partial charge in [0.05, 0.1) is 17.7 Å². The highest BCUT2D eigenvalue weighted by atomic mass is 32.2. The van der Waals surface area contributed by atoms with Crippen LogP contribution < -0.4 is 14.4 Å². The third kappa shape index (κ3) is 5.19. The molecule has 0 saturated carbocycles. The highest BCUT2D eigenvalue weighted by molar-refractivity contribution is 7.92. The van der Waals surface area contributed by atoms with E-state index in [1.54, 1.807) is 24.3 Å². The maximum Gasteiger partial charge on any atom is 0.264 e. The average molecular weight is 394 g/mol. The normalized spacial score (nSPS) is 12.3. The van der Waals surface area contributed by atoms with Crippen LogP contribution in [0.4, 0.5) is 10.1 Å². The van der Waals surface area contributed by atoms with Crippen LogP contribution in [0.5, 0.6) is 5.75 Å². The predicted octanol–water partition coefficient (Wildman–Crippen LogP) is 2.94. The van der Waals surface area contributed by atoms with E-state index in [0.717, 1.165) is 22.9 Å². The van der Waals surface area contributed by atoms with E-state index in [0.29, 0.717) is 11.4 Å². The fraction of sp³-hybridized carbons (Fsp3) is 0.316. The van der Waals surface area contributed by atoms with E-state index in [-0.39, 0.29) is 10.9 Å². The Morgan fingerprint density at radius 1 is 1.15 bits per heavy atom. The summed E-state index contributed by atoms with van der Waals surface area (Å²) in [4.78, 5) is 12.2. The van der Waals surface area contributed by atoms with Gasteiger partial charge in [-0.1, -0.05) is 6.92 Å². The summed E-state index contributed by atoms with van der Waals surface area (Å²) in [7, 11) is -2.56. The Labute approximate surface area is 159 Å². The molecule has 2 aromatic carbocycles. The largest absolute Gasteiger partial charge is 0.497 e. The number of benzene rings is 2. The molecule has 1 unspecified atom stereocenters. The summed E-state index contributed by atoms with van der Waals surface area (Å²) in [6, 6.07) is 10.7. The molecule has 0 spiro atoms. The summed E-state index contributed by atoms with van der Waals surface area (Å²) < 4.78 is 45.4. The van der Waals surface area contributed by atoms with Crippen LogP contribution in [0.2, 0.25) is 0 Å². The van der Waals surface area contributed by atoms with E-state index in [1.807, 2.05) is 13.8 Å². The van der Waals surface area contributed by atoms with Gasteiger partial charge in [-0.15, -0.1) is 0 Å². The van der Waals surface area contributed by atoms with Gasteiger partial charge in [0.25, 0.3) is 10.0 Å². The zero-order valence-electron chi connectivity index (χ0n) is 15.5. The molecule has 0 bridgehead atoms. The summed E-state index contributed by atoms with van der Waals surface area (Å²) in [6.07, 6.45) is 0.721. The van der Waals surface area contributed by atoms with Crippen molar-refractivity contribution in [1.29, 1.82) is 0 Å². The standard InChI is InChI=1S/C19H23FN2O4S/c1-4-14(2)21-19(23)13-22(16-7-9-17(26-3)10-8-16)27(24,25)18-11-5-15(20)6-12-18/h5-12,14H,4,13H2,1-3H3,(H,21,23). The lowest BCUT2D eigenvalue weighted by Gasteiger charge is -2.25. The van der Waals surface area contributed by atoms with Crippen molar-refractivity contribution >= 4 is 21.6 Å². The van der Waals surface area contributed by atoms with Gasteiger partial charge in [0, 0.05) is 6.04 Å². The Morgan fingerprint density at radius 2 is 1.74 bits per heavy atom. The lowest BCUT2D eigenvalue weighted by molar-refractivity contribution is -0.120. The number of ether oxygens (including phenoxy) is 1. The predicted molar refractivity (Wildman–Crippen MR) is 102 cm³/mol. The second kappa shape index (κ2) is 8.85. The van der Waals surface area contributed by atoms with Crippen molar-refractivity contribution in [2.24, 2.45) is 0 Å². The fourth-order valence-electron chi connectivity index (χ4n) is 2.35. The van der Waals surface area contributed by atoms with Gasteiger partial charge in [0.15, 0.2) is 0 Å². The minimum absolute atomic E-state index is 0.0799. The fourth-order valence-corrected chi connectivity index (χ4v) is 3.77. The van der Waals surface area contributed by atoms with Crippen LogP contribution in [0.3, 0.4) is 0 Å². The highest BCUT2D eigenvalue weighted by Gasteiger charge is 2.27. The first-order chi connectivity index (χ1) is 12.8. The Morgan fingerprint density at radius 3 is 2.26 bits per heavy atom. The lowest BCUT2D eigenvalue weighted by Crippen LogP contribution is -2.43. The molecule has 2 aromatic rings. The van der Waals surface area contributed by atoms with Crippen LogP contribution in [0.15, 0.2) is 53.4 Å². The van der Waals surface area contributed by atoms with E-state index in [4.69, 9.17) is 4.74 Å². The molecule has 1 amide bonds. The number of methoxy groups -OCH3 is 1. The van der Waals surface area contributed by atoms with Crippen LogP contribution in [0.1, 0.15) is 20.3 Å². The Hall–Kier alpha value is -2.61. The van der Waals surface area contributed by atoms with Crippen molar-refractivity contribution in [3.05, 3.63) is 54.3 Å². The van der Waals surface area contributed by atoms with Gasteiger partial charge in [-0.25, -0.2) is 12.8 Å². The summed E-state index contributed by atoms with van der Waals surface area (Å²) >= 11 is 0. The third-order valence-corrected chi connectivity index (χ3v) is 5.86. The monoisotopic (exact) mass is 394 g/mol. The molecule has 2 rings (SSSR count). The quantitative estimate of drug-likeness (QED) is 0.747. The zero-order valence-corrected chi connectivity index (χ0v) is 16.3. The number of nitrogens with one attached hydrogen (secondary N) is 1. The van der Waals surface area contributed by atoms with Gasteiger partial charge in [-0.3, -0.25) is 9.10 Å². The summed E-state index contributed by atoms with van der Waals surface area (Å²) in [5.41, 5.74) is 0.305. The summed E-state index contributed by atoms with van der Waals surface area (Å²) in [5.74, 6) is -0.410. The molecular weight excluding hydrogens is 371 g/mol. The first-order valence-corrected chi connectivity index (χ1v) is 9.93. The smallest absolute Gasteiger partial charge is 0.264 e. The number of hydrogen-bond donors (Lipinski definition) is 1. The van der Waals surface area contributed by atoms with Crippen LogP contribution in [0.25, 0.3) is 0 Å². The van der Waals surface area contributed by atoms with Crippen molar-refractivity contribution in [2.75, 3.05) is 18.0 Å². The molecule has 0 aliphatic rings. The molecule has 1 atom stereocenters. The number of nitrogens with zero attached hydrogens (tertiary/aromatic N) is 1. The van der Waals surface area contributed by atoms with E-state index in [9.17, 15) is 17.6 Å². The van der Waals surface area contributed by atoms with Crippen LogP contribution in [0, 0.1) is 5.82 Å².